The summed E-state index contributed by atoms with van der Waals surface area (Å²) in [6.07, 6.45) is 2.30. The molecule has 1 aliphatic heterocycles. The lowest BCUT2D eigenvalue weighted by Crippen LogP contribution is -2.44. The van der Waals surface area contributed by atoms with Crippen molar-refractivity contribution in [1.82, 2.24) is 4.90 Å². The Morgan fingerprint density at radius 2 is 1.43 bits per heavy atom. The molecule has 3 aromatic rings. The number of ketones is 2. The molecule has 7 heteroatoms. The van der Waals surface area contributed by atoms with Crippen LogP contribution in [0.3, 0.4) is 0 Å². The first-order valence-electron chi connectivity index (χ1n) is 17.4. The number of Topliss-reactive ketones (excluding diaryl/α,β-unsaturated/α-hetero) is 2. The van der Waals surface area contributed by atoms with Gasteiger partial charge in [-0.2, -0.15) is 0 Å². The van der Waals surface area contributed by atoms with Gasteiger partial charge in [-0.3, -0.25) is 14.4 Å². The van der Waals surface area contributed by atoms with Crippen LogP contribution >= 0.6 is 0 Å². The van der Waals surface area contributed by atoms with Gasteiger partial charge < -0.3 is 19.7 Å². The number of carbonyl (C=O) groups is 3. The van der Waals surface area contributed by atoms with Gasteiger partial charge in [0, 0.05) is 53.5 Å². The Bertz CT molecular complexity index is 1810. The molecule has 1 N–H and O–H groups in total. The van der Waals surface area contributed by atoms with Crippen molar-refractivity contribution in [2.75, 3.05) is 18.5 Å². The van der Waals surface area contributed by atoms with Crippen LogP contribution in [0.2, 0.25) is 0 Å². The molecule has 0 bridgehead atoms. The Hall–Kier alpha value is -4.65. The minimum atomic E-state index is -0.509. The van der Waals surface area contributed by atoms with E-state index in [-0.39, 0.29) is 34.9 Å². The number of aryl methyl sites for hydroxylation is 2. The molecule has 7 nitrogen and oxygen atoms in total. The number of nitrogens with one attached hydrogen (secondary N) is 1. The molecule has 6 rings (SSSR count). The Morgan fingerprint density at radius 1 is 0.796 bits per heavy atom. The second-order valence-electron chi connectivity index (χ2n) is 15.4. The van der Waals surface area contributed by atoms with Gasteiger partial charge in [-0.05, 0) is 79.3 Å². The second-order valence-corrected chi connectivity index (χ2v) is 15.4. The fraction of sp³-hybridized carbons (Fsp3) is 0.405. The van der Waals surface area contributed by atoms with Gasteiger partial charge in [0.25, 0.3) is 5.91 Å². The molecule has 0 atom stereocenters. The van der Waals surface area contributed by atoms with Crippen molar-refractivity contribution in [2.45, 2.75) is 86.6 Å². The van der Waals surface area contributed by atoms with Crippen molar-refractivity contribution in [3.05, 3.63) is 112 Å². The van der Waals surface area contributed by atoms with Gasteiger partial charge in [-0.25, -0.2) is 0 Å². The smallest absolute Gasteiger partial charge is 0.262 e. The summed E-state index contributed by atoms with van der Waals surface area (Å²) in [7, 11) is 0. The summed E-state index contributed by atoms with van der Waals surface area (Å²) >= 11 is 0. The number of ether oxygens (including phenoxy) is 2. The van der Waals surface area contributed by atoms with Crippen LogP contribution in [-0.4, -0.2) is 35.6 Å². The highest BCUT2D eigenvalue weighted by atomic mass is 16.5. The summed E-state index contributed by atoms with van der Waals surface area (Å²) < 4.78 is 12.1. The molecule has 0 saturated heterocycles. The highest BCUT2D eigenvalue weighted by Gasteiger charge is 2.49. The van der Waals surface area contributed by atoms with E-state index in [1.165, 1.54) is 0 Å². The van der Waals surface area contributed by atoms with Gasteiger partial charge in [0.1, 0.15) is 0 Å². The van der Waals surface area contributed by atoms with Gasteiger partial charge in [0.05, 0.1) is 6.61 Å². The van der Waals surface area contributed by atoms with Crippen molar-refractivity contribution in [3.63, 3.8) is 0 Å². The van der Waals surface area contributed by atoms with Crippen LogP contribution in [0.25, 0.3) is 0 Å². The van der Waals surface area contributed by atoms with Gasteiger partial charge >= 0.3 is 0 Å². The molecule has 1 amide bonds. The van der Waals surface area contributed by atoms with E-state index in [2.05, 4.69) is 50.0 Å². The first-order chi connectivity index (χ1) is 23.2. The van der Waals surface area contributed by atoms with Crippen molar-refractivity contribution in [3.8, 4) is 11.5 Å². The molecule has 256 valence electrons. The standard InChI is InChI=1S/C42H48N2O5/c1-8-48-36-19-29(15-17-35(36)49-25-37(47)43-30-16-14-26(2)18-27(30)3)38-39-31(20-41(4,5)22-33(39)45)44(24-28-12-10-9-11-13-28)32-21-42(6,7)23-34(46)40(32)38/h9-19,38H,8,20-25H2,1-7H3,(H,43,47). The largest absolute Gasteiger partial charge is 0.490 e. The van der Waals surface area contributed by atoms with E-state index in [0.29, 0.717) is 48.6 Å². The maximum Gasteiger partial charge on any atom is 0.262 e. The van der Waals surface area contributed by atoms with Gasteiger partial charge in [0.15, 0.2) is 29.7 Å². The zero-order chi connectivity index (χ0) is 35.1. The fourth-order valence-corrected chi connectivity index (χ4v) is 7.71. The maximum atomic E-state index is 14.3. The van der Waals surface area contributed by atoms with E-state index in [1.807, 2.05) is 69.3 Å². The number of carbonyl (C=O) groups excluding carboxylic acids is 3. The zero-order valence-corrected chi connectivity index (χ0v) is 29.9. The van der Waals surface area contributed by atoms with Crippen molar-refractivity contribution >= 4 is 23.2 Å². The molecule has 3 aromatic carbocycles. The Balaban J connectivity index is 1.40. The molecule has 1 heterocycles. The minimum absolute atomic E-state index is 0.0832. The third kappa shape index (κ3) is 7.22. The van der Waals surface area contributed by atoms with E-state index in [4.69, 9.17) is 9.47 Å². The molecular formula is C42H48N2O5. The quantitative estimate of drug-likeness (QED) is 0.248. The summed E-state index contributed by atoms with van der Waals surface area (Å²) in [5.41, 5.74) is 7.82. The molecule has 2 aliphatic carbocycles. The van der Waals surface area contributed by atoms with E-state index < -0.39 is 5.92 Å². The van der Waals surface area contributed by atoms with Crippen molar-refractivity contribution in [1.29, 1.82) is 0 Å². The number of benzene rings is 3. The first-order valence-corrected chi connectivity index (χ1v) is 17.4. The van der Waals surface area contributed by atoms with Crippen LogP contribution in [0.15, 0.2) is 89.3 Å². The van der Waals surface area contributed by atoms with E-state index in [0.717, 1.165) is 52.2 Å². The van der Waals surface area contributed by atoms with Crippen LogP contribution < -0.4 is 14.8 Å². The average Bonchev–Trinajstić information content (AvgIpc) is 3.02. The zero-order valence-electron chi connectivity index (χ0n) is 29.9. The average molecular weight is 661 g/mol. The number of nitrogens with zero attached hydrogens (tertiary/aromatic N) is 1. The molecule has 0 aromatic heterocycles. The lowest BCUT2D eigenvalue weighted by molar-refractivity contribution is -0.120. The Labute approximate surface area is 290 Å². The first kappa shape index (κ1) is 34.2. The van der Waals surface area contributed by atoms with E-state index >= 15 is 0 Å². The predicted molar refractivity (Wildman–Crippen MR) is 192 cm³/mol. The lowest BCUT2D eigenvalue weighted by Gasteiger charge is -2.49. The molecule has 3 aliphatic rings. The van der Waals surface area contributed by atoms with Crippen LogP contribution in [0.4, 0.5) is 5.69 Å². The van der Waals surface area contributed by atoms with Crippen LogP contribution in [0.5, 0.6) is 11.5 Å². The molecule has 49 heavy (non-hydrogen) atoms. The molecular weight excluding hydrogens is 612 g/mol. The van der Waals surface area contributed by atoms with Gasteiger partial charge in [0.2, 0.25) is 0 Å². The van der Waals surface area contributed by atoms with Gasteiger partial charge in [-0.1, -0.05) is 81.8 Å². The Kier molecular flexibility index (Phi) is 9.31. The second kappa shape index (κ2) is 13.3. The molecule has 0 spiro atoms. The highest BCUT2D eigenvalue weighted by molar-refractivity contribution is 6.07. The molecule has 0 fully saturated rings. The summed E-state index contributed by atoms with van der Waals surface area (Å²) in [4.78, 5) is 43.7. The van der Waals surface area contributed by atoms with Gasteiger partial charge in [-0.15, -0.1) is 0 Å². The number of rotatable bonds is 9. The van der Waals surface area contributed by atoms with Crippen LogP contribution in [0.1, 0.15) is 88.5 Å². The lowest BCUT2D eigenvalue weighted by atomic mass is 9.63. The minimum Gasteiger partial charge on any atom is -0.490 e. The Morgan fingerprint density at radius 3 is 2.02 bits per heavy atom. The SMILES string of the molecule is CCOc1cc(C2C3=C(CC(C)(C)CC3=O)N(Cc3ccccc3)C3=C2C(=O)CC(C)(C)C3)ccc1OCC(=O)Nc1ccc(C)cc1C. The van der Waals surface area contributed by atoms with Crippen LogP contribution in [-0.2, 0) is 20.9 Å². The number of hydrogen-bond donors (Lipinski definition) is 1. The highest BCUT2D eigenvalue weighted by Crippen LogP contribution is 2.55. The number of hydrogen-bond acceptors (Lipinski definition) is 6. The summed E-state index contributed by atoms with van der Waals surface area (Å²) in [5.74, 6) is 0.283. The monoisotopic (exact) mass is 660 g/mol. The molecule has 0 radical (unpaired) electrons. The number of amides is 1. The summed E-state index contributed by atoms with van der Waals surface area (Å²) in [5, 5.41) is 2.93. The third-order valence-corrected chi connectivity index (χ3v) is 9.82. The number of allylic oxidation sites excluding steroid dienone is 4. The van der Waals surface area contributed by atoms with Crippen LogP contribution in [0, 0.1) is 24.7 Å². The number of anilines is 1. The van der Waals surface area contributed by atoms with E-state index in [9.17, 15) is 14.4 Å². The van der Waals surface area contributed by atoms with Crippen molar-refractivity contribution in [2.24, 2.45) is 10.8 Å². The molecule has 0 unspecified atom stereocenters. The van der Waals surface area contributed by atoms with Crippen molar-refractivity contribution < 1.29 is 23.9 Å². The predicted octanol–water partition coefficient (Wildman–Crippen LogP) is 8.61. The summed E-state index contributed by atoms with van der Waals surface area (Å²) in [6, 6.07) is 21.8. The topological polar surface area (TPSA) is 84.9 Å². The summed E-state index contributed by atoms with van der Waals surface area (Å²) in [6.45, 7) is 15.3. The maximum absolute atomic E-state index is 14.3. The third-order valence-electron chi connectivity index (χ3n) is 9.82. The van der Waals surface area contributed by atoms with E-state index in [1.54, 1.807) is 6.07 Å². The molecule has 0 saturated carbocycles. The normalized spacial score (nSPS) is 18.6. The fourth-order valence-electron chi connectivity index (χ4n) is 7.71.